The number of nitrogens with zero attached hydrogens (tertiary/aromatic N) is 1. The van der Waals surface area contributed by atoms with E-state index in [1.54, 1.807) is 7.11 Å². The molecule has 98 valence electrons. The summed E-state index contributed by atoms with van der Waals surface area (Å²) in [5, 5.41) is 0. The number of benzene rings is 2. The zero-order valence-electron chi connectivity index (χ0n) is 11.3. The Morgan fingerprint density at radius 1 is 0.700 bits per heavy atom. The summed E-state index contributed by atoms with van der Waals surface area (Å²) in [6, 6.07) is 22.5. The van der Waals surface area contributed by atoms with Gasteiger partial charge in [-0.3, -0.25) is 4.98 Å². The summed E-state index contributed by atoms with van der Waals surface area (Å²) in [7, 11) is 1.68. The molecular formula is C18H15NO. The first-order chi connectivity index (χ1) is 9.86. The van der Waals surface area contributed by atoms with Crippen LogP contribution in [0.5, 0.6) is 5.75 Å². The molecule has 1 aromatic heterocycles. The van der Waals surface area contributed by atoms with Gasteiger partial charge in [0.1, 0.15) is 5.75 Å². The molecule has 3 aromatic rings. The molecule has 20 heavy (non-hydrogen) atoms. The minimum Gasteiger partial charge on any atom is -0.497 e. The molecule has 0 spiro atoms. The lowest BCUT2D eigenvalue weighted by molar-refractivity contribution is 0.415. The Morgan fingerprint density at radius 3 is 1.85 bits per heavy atom. The number of ether oxygens (including phenoxy) is 1. The molecule has 0 atom stereocenters. The summed E-state index contributed by atoms with van der Waals surface area (Å²) >= 11 is 0. The summed E-state index contributed by atoms with van der Waals surface area (Å²) in [4.78, 5) is 4.36. The van der Waals surface area contributed by atoms with E-state index in [1.807, 2.05) is 36.5 Å². The second-order valence-corrected chi connectivity index (χ2v) is 4.52. The van der Waals surface area contributed by atoms with Crippen molar-refractivity contribution in [3.63, 3.8) is 0 Å². The first kappa shape index (κ1) is 12.4. The second-order valence-electron chi connectivity index (χ2n) is 4.52. The lowest BCUT2D eigenvalue weighted by Crippen LogP contribution is -1.84. The third-order valence-electron chi connectivity index (χ3n) is 3.27. The Labute approximate surface area is 118 Å². The van der Waals surface area contributed by atoms with Gasteiger partial charge in [-0.1, -0.05) is 42.5 Å². The van der Waals surface area contributed by atoms with Gasteiger partial charge in [-0.15, -0.1) is 0 Å². The normalized spacial score (nSPS) is 10.2. The van der Waals surface area contributed by atoms with Gasteiger partial charge < -0.3 is 4.74 Å². The zero-order chi connectivity index (χ0) is 13.8. The Morgan fingerprint density at radius 2 is 1.30 bits per heavy atom. The number of rotatable bonds is 3. The van der Waals surface area contributed by atoms with Crippen molar-refractivity contribution in [2.75, 3.05) is 7.11 Å². The first-order valence-electron chi connectivity index (χ1n) is 6.53. The van der Waals surface area contributed by atoms with Crippen molar-refractivity contribution in [1.29, 1.82) is 0 Å². The van der Waals surface area contributed by atoms with Crippen LogP contribution < -0.4 is 4.74 Å². The van der Waals surface area contributed by atoms with Crippen molar-refractivity contribution in [2.45, 2.75) is 0 Å². The fraction of sp³-hybridized carbons (Fsp3) is 0.0556. The van der Waals surface area contributed by atoms with Crippen molar-refractivity contribution in [1.82, 2.24) is 4.98 Å². The van der Waals surface area contributed by atoms with Crippen LogP contribution in [0.4, 0.5) is 0 Å². The molecule has 0 aliphatic rings. The summed E-state index contributed by atoms with van der Waals surface area (Å²) in [5.41, 5.74) is 4.49. The van der Waals surface area contributed by atoms with E-state index >= 15 is 0 Å². The van der Waals surface area contributed by atoms with E-state index in [4.69, 9.17) is 4.74 Å². The standard InChI is InChI=1S/C18H15NO/c1-20-17-11-9-15(10-12-17)14-5-7-16(8-6-14)18-4-2-3-13-19-18/h2-13H,1H3. The zero-order valence-corrected chi connectivity index (χ0v) is 11.3. The maximum Gasteiger partial charge on any atom is 0.118 e. The lowest BCUT2D eigenvalue weighted by Gasteiger charge is -2.05. The van der Waals surface area contributed by atoms with Gasteiger partial charge in [-0.25, -0.2) is 0 Å². The number of hydrogen-bond acceptors (Lipinski definition) is 2. The van der Waals surface area contributed by atoms with Crippen molar-refractivity contribution >= 4 is 0 Å². The summed E-state index contributed by atoms with van der Waals surface area (Å²) < 4.78 is 5.17. The molecule has 0 bridgehead atoms. The highest BCUT2D eigenvalue weighted by Gasteiger charge is 2.01. The van der Waals surface area contributed by atoms with Crippen molar-refractivity contribution in [2.24, 2.45) is 0 Å². The Balaban J connectivity index is 1.89. The third kappa shape index (κ3) is 2.54. The van der Waals surface area contributed by atoms with Crippen LogP contribution in [0.3, 0.4) is 0 Å². The van der Waals surface area contributed by atoms with Gasteiger partial charge in [0.2, 0.25) is 0 Å². The molecule has 2 heteroatoms. The predicted molar refractivity (Wildman–Crippen MR) is 81.7 cm³/mol. The van der Waals surface area contributed by atoms with Gasteiger partial charge >= 0.3 is 0 Å². The fourth-order valence-electron chi connectivity index (χ4n) is 2.15. The summed E-state index contributed by atoms with van der Waals surface area (Å²) in [6.45, 7) is 0. The first-order valence-corrected chi connectivity index (χ1v) is 6.53. The predicted octanol–water partition coefficient (Wildman–Crippen LogP) is 4.42. The van der Waals surface area contributed by atoms with Crippen LogP contribution in [0.2, 0.25) is 0 Å². The largest absolute Gasteiger partial charge is 0.497 e. The average molecular weight is 261 g/mol. The highest BCUT2D eigenvalue weighted by atomic mass is 16.5. The van der Waals surface area contributed by atoms with Crippen LogP contribution in [0.15, 0.2) is 72.9 Å². The molecule has 0 amide bonds. The van der Waals surface area contributed by atoms with E-state index in [-0.39, 0.29) is 0 Å². The number of hydrogen-bond donors (Lipinski definition) is 0. The molecule has 0 aliphatic carbocycles. The second kappa shape index (κ2) is 5.57. The van der Waals surface area contributed by atoms with Crippen LogP contribution in [-0.4, -0.2) is 12.1 Å². The Hall–Kier alpha value is -2.61. The molecule has 2 nitrogen and oxygen atoms in total. The van der Waals surface area contributed by atoms with Crippen molar-refractivity contribution < 1.29 is 4.74 Å². The molecule has 0 saturated carbocycles. The number of methoxy groups -OCH3 is 1. The number of pyridine rings is 1. The molecule has 0 fully saturated rings. The van der Waals surface area contributed by atoms with Gasteiger partial charge in [-0.2, -0.15) is 0 Å². The van der Waals surface area contributed by atoms with Gasteiger partial charge in [0.15, 0.2) is 0 Å². The van der Waals surface area contributed by atoms with E-state index in [1.165, 1.54) is 11.1 Å². The third-order valence-corrected chi connectivity index (χ3v) is 3.27. The highest BCUT2D eigenvalue weighted by molar-refractivity contribution is 5.69. The number of aromatic nitrogens is 1. The molecule has 0 saturated heterocycles. The maximum atomic E-state index is 5.17. The minimum absolute atomic E-state index is 0.874. The molecule has 0 radical (unpaired) electrons. The van der Waals surface area contributed by atoms with Gasteiger partial charge in [0.25, 0.3) is 0 Å². The molecule has 1 heterocycles. The monoisotopic (exact) mass is 261 g/mol. The minimum atomic E-state index is 0.874. The molecule has 0 N–H and O–H groups in total. The maximum absolute atomic E-state index is 5.17. The molecule has 0 unspecified atom stereocenters. The van der Waals surface area contributed by atoms with E-state index in [9.17, 15) is 0 Å². The van der Waals surface area contributed by atoms with Gasteiger partial charge in [0.05, 0.1) is 12.8 Å². The molecular weight excluding hydrogens is 246 g/mol. The lowest BCUT2D eigenvalue weighted by atomic mass is 10.0. The van der Waals surface area contributed by atoms with Gasteiger partial charge in [0, 0.05) is 11.8 Å². The van der Waals surface area contributed by atoms with E-state index in [2.05, 4.69) is 41.4 Å². The molecule has 3 rings (SSSR count). The average Bonchev–Trinajstić information content (AvgIpc) is 2.56. The van der Waals surface area contributed by atoms with Crippen LogP contribution in [0.25, 0.3) is 22.4 Å². The van der Waals surface area contributed by atoms with Crippen LogP contribution in [-0.2, 0) is 0 Å². The van der Waals surface area contributed by atoms with Crippen molar-refractivity contribution in [3.8, 4) is 28.1 Å². The molecule has 0 aliphatic heterocycles. The van der Waals surface area contributed by atoms with Crippen LogP contribution in [0, 0.1) is 0 Å². The quantitative estimate of drug-likeness (QED) is 0.696. The van der Waals surface area contributed by atoms with E-state index in [0.29, 0.717) is 0 Å². The Kier molecular flexibility index (Phi) is 3.46. The molecule has 2 aromatic carbocycles. The van der Waals surface area contributed by atoms with Crippen LogP contribution >= 0.6 is 0 Å². The topological polar surface area (TPSA) is 22.1 Å². The smallest absolute Gasteiger partial charge is 0.118 e. The van der Waals surface area contributed by atoms with Crippen LogP contribution in [0.1, 0.15) is 0 Å². The Bertz CT molecular complexity index is 673. The summed E-state index contributed by atoms with van der Waals surface area (Å²) in [5.74, 6) is 0.874. The van der Waals surface area contributed by atoms with Gasteiger partial charge in [-0.05, 0) is 35.4 Å². The van der Waals surface area contributed by atoms with Crippen molar-refractivity contribution in [3.05, 3.63) is 72.9 Å². The fourth-order valence-corrected chi connectivity index (χ4v) is 2.15. The highest BCUT2D eigenvalue weighted by Crippen LogP contribution is 2.25. The summed E-state index contributed by atoms with van der Waals surface area (Å²) in [6.07, 6.45) is 1.81. The van der Waals surface area contributed by atoms with E-state index < -0.39 is 0 Å². The van der Waals surface area contributed by atoms with E-state index in [0.717, 1.165) is 17.0 Å². The SMILES string of the molecule is COc1ccc(-c2ccc(-c3ccccn3)cc2)cc1.